The maximum Gasteiger partial charge on any atom is 0.204 e. The molecular weight excluding hydrogens is 220 g/mol. The molecule has 0 atom stereocenters. The van der Waals surface area contributed by atoms with Crippen molar-refractivity contribution in [1.29, 1.82) is 0 Å². The summed E-state index contributed by atoms with van der Waals surface area (Å²) in [7, 11) is 0. The van der Waals surface area contributed by atoms with E-state index in [4.69, 9.17) is 5.11 Å². The van der Waals surface area contributed by atoms with Gasteiger partial charge >= 0.3 is 0 Å². The van der Waals surface area contributed by atoms with Crippen molar-refractivity contribution in [2.45, 2.75) is 6.42 Å². The first kappa shape index (κ1) is 9.17. The number of aliphatic hydroxyl groups excluding tert-OH is 1. The molecule has 1 N–H and O–H groups in total. The molecule has 0 aliphatic heterocycles. The van der Waals surface area contributed by atoms with E-state index < -0.39 is 0 Å². The summed E-state index contributed by atoms with van der Waals surface area (Å²) < 4.78 is 0.829. The SMILES string of the molecule is OCCC#Cc1ncc(Br)cn1. The van der Waals surface area contributed by atoms with Crippen molar-refractivity contribution in [3.8, 4) is 11.8 Å². The van der Waals surface area contributed by atoms with Gasteiger partial charge in [-0.05, 0) is 21.9 Å². The number of hydrogen-bond donors (Lipinski definition) is 1. The molecule has 0 unspecified atom stereocenters. The van der Waals surface area contributed by atoms with Crippen LogP contribution >= 0.6 is 15.9 Å². The third-order valence-electron chi connectivity index (χ3n) is 1.06. The lowest BCUT2D eigenvalue weighted by molar-refractivity contribution is 0.305. The lowest BCUT2D eigenvalue weighted by Gasteiger charge is -1.87. The van der Waals surface area contributed by atoms with E-state index in [-0.39, 0.29) is 6.61 Å². The molecule has 0 bridgehead atoms. The number of halogens is 1. The second kappa shape index (κ2) is 4.86. The van der Waals surface area contributed by atoms with Crippen LogP contribution in [0, 0.1) is 11.8 Å². The van der Waals surface area contributed by atoms with Crippen LogP contribution in [0.15, 0.2) is 16.9 Å². The van der Waals surface area contributed by atoms with Crippen molar-refractivity contribution in [1.82, 2.24) is 9.97 Å². The number of rotatable bonds is 1. The summed E-state index contributed by atoms with van der Waals surface area (Å²) in [5.41, 5.74) is 0. The molecule has 0 radical (unpaired) electrons. The summed E-state index contributed by atoms with van der Waals surface area (Å²) >= 11 is 3.21. The van der Waals surface area contributed by atoms with E-state index in [0.29, 0.717) is 12.2 Å². The fourth-order valence-corrected chi connectivity index (χ4v) is 0.779. The highest BCUT2D eigenvalue weighted by molar-refractivity contribution is 9.10. The van der Waals surface area contributed by atoms with Gasteiger partial charge in [-0.25, -0.2) is 9.97 Å². The summed E-state index contributed by atoms with van der Waals surface area (Å²) in [6.45, 7) is 0.0729. The van der Waals surface area contributed by atoms with Crippen LogP contribution in [0.4, 0.5) is 0 Å². The van der Waals surface area contributed by atoms with Crippen LogP contribution in [0.3, 0.4) is 0 Å². The van der Waals surface area contributed by atoms with Crippen LogP contribution in [-0.2, 0) is 0 Å². The second-order valence-electron chi connectivity index (χ2n) is 2.00. The number of nitrogens with zero attached hydrogens (tertiary/aromatic N) is 2. The summed E-state index contributed by atoms with van der Waals surface area (Å²) in [6.07, 6.45) is 3.73. The number of aliphatic hydroxyl groups is 1. The van der Waals surface area contributed by atoms with Gasteiger partial charge in [0.15, 0.2) is 0 Å². The lowest BCUT2D eigenvalue weighted by atomic mass is 10.4. The Morgan fingerprint density at radius 3 is 2.67 bits per heavy atom. The zero-order chi connectivity index (χ0) is 8.81. The third-order valence-corrected chi connectivity index (χ3v) is 1.47. The van der Waals surface area contributed by atoms with Crippen molar-refractivity contribution in [3.63, 3.8) is 0 Å². The Labute approximate surface area is 79.0 Å². The fourth-order valence-electron chi connectivity index (χ4n) is 0.574. The van der Waals surface area contributed by atoms with Crippen molar-refractivity contribution < 1.29 is 5.11 Å². The molecule has 12 heavy (non-hydrogen) atoms. The predicted octanol–water partition coefficient (Wildman–Crippen LogP) is 0.973. The first-order chi connectivity index (χ1) is 5.83. The molecule has 4 heteroatoms. The van der Waals surface area contributed by atoms with Crippen molar-refractivity contribution in [3.05, 3.63) is 22.7 Å². The standard InChI is InChI=1S/C8H7BrN2O/c9-7-5-10-8(11-6-7)3-1-2-4-12/h5-6,12H,2,4H2. The molecule has 1 aromatic rings. The van der Waals surface area contributed by atoms with E-state index in [1.54, 1.807) is 12.4 Å². The number of aromatic nitrogens is 2. The average Bonchev–Trinajstić information content (AvgIpc) is 2.09. The minimum Gasteiger partial charge on any atom is -0.395 e. The molecule has 0 amide bonds. The van der Waals surface area contributed by atoms with Gasteiger partial charge in [-0.3, -0.25) is 0 Å². The van der Waals surface area contributed by atoms with E-state index in [0.717, 1.165) is 4.47 Å². The lowest BCUT2D eigenvalue weighted by Crippen LogP contribution is -1.86. The van der Waals surface area contributed by atoms with Gasteiger partial charge in [0.05, 0.1) is 11.1 Å². The van der Waals surface area contributed by atoms with Crippen LogP contribution < -0.4 is 0 Å². The molecular formula is C8H7BrN2O. The minimum absolute atomic E-state index is 0.0729. The van der Waals surface area contributed by atoms with Gasteiger partial charge in [-0.15, -0.1) is 0 Å². The molecule has 0 spiro atoms. The Morgan fingerprint density at radius 1 is 1.42 bits per heavy atom. The van der Waals surface area contributed by atoms with Gasteiger partial charge in [-0.1, -0.05) is 5.92 Å². The normalized spacial score (nSPS) is 8.83. The van der Waals surface area contributed by atoms with Gasteiger partial charge in [-0.2, -0.15) is 0 Å². The highest BCUT2D eigenvalue weighted by atomic mass is 79.9. The second-order valence-corrected chi connectivity index (χ2v) is 2.92. The summed E-state index contributed by atoms with van der Waals surface area (Å²) in [4.78, 5) is 7.87. The molecule has 0 aliphatic carbocycles. The number of hydrogen-bond acceptors (Lipinski definition) is 3. The maximum absolute atomic E-state index is 8.44. The molecule has 1 rings (SSSR count). The Balaban J connectivity index is 2.66. The van der Waals surface area contributed by atoms with Gasteiger partial charge in [0.1, 0.15) is 0 Å². The molecule has 0 fully saturated rings. The predicted molar refractivity (Wildman–Crippen MR) is 48.3 cm³/mol. The van der Waals surface area contributed by atoms with Gasteiger partial charge < -0.3 is 5.11 Å². The highest BCUT2D eigenvalue weighted by Crippen LogP contribution is 2.03. The molecule has 1 heterocycles. The Kier molecular flexibility index (Phi) is 3.71. The Morgan fingerprint density at radius 2 is 2.08 bits per heavy atom. The Bertz CT molecular complexity index is 299. The van der Waals surface area contributed by atoms with E-state index in [9.17, 15) is 0 Å². The van der Waals surface area contributed by atoms with Crippen LogP contribution in [-0.4, -0.2) is 21.7 Å². The third kappa shape index (κ3) is 2.99. The first-order valence-electron chi connectivity index (χ1n) is 3.40. The highest BCUT2D eigenvalue weighted by Gasteiger charge is 1.88. The molecule has 0 aliphatic rings. The molecule has 0 saturated heterocycles. The molecule has 0 aromatic carbocycles. The van der Waals surface area contributed by atoms with Crippen molar-refractivity contribution in [2.24, 2.45) is 0 Å². The minimum atomic E-state index is 0.0729. The monoisotopic (exact) mass is 226 g/mol. The molecule has 3 nitrogen and oxygen atoms in total. The van der Waals surface area contributed by atoms with E-state index >= 15 is 0 Å². The zero-order valence-corrected chi connectivity index (χ0v) is 7.87. The molecule has 62 valence electrons. The van der Waals surface area contributed by atoms with Crippen molar-refractivity contribution >= 4 is 15.9 Å². The summed E-state index contributed by atoms with van der Waals surface area (Å²) in [6, 6.07) is 0. The van der Waals surface area contributed by atoms with E-state index in [2.05, 4.69) is 37.7 Å². The van der Waals surface area contributed by atoms with Crippen LogP contribution in [0.2, 0.25) is 0 Å². The van der Waals surface area contributed by atoms with Gasteiger partial charge in [0.2, 0.25) is 5.82 Å². The summed E-state index contributed by atoms with van der Waals surface area (Å²) in [5.74, 6) is 5.93. The van der Waals surface area contributed by atoms with E-state index in [1.807, 2.05) is 0 Å². The quantitative estimate of drug-likeness (QED) is 0.727. The topological polar surface area (TPSA) is 46.0 Å². The zero-order valence-electron chi connectivity index (χ0n) is 6.29. The van der Waals surface area contributed by atoms with Crippen LogP contribution in [0.5, 0.6) is 0 Å². The molecule has 1 aromatic heterocycles. The van der Waals surface area contributed by atoms with Crippen molar-refractivity contribution in [2.75, 3.05) is 6.61 Å². The largest absolute Gasteiger partial charge is 0.395 e. The average molecular weight is 227 g/mol. The smallest absolute Gasteiger partial charge is 0.204 e. The first-order valence-corrected chi connectivity index (χ1v) is 4.19. The van der Waals surface area contributed by atoms with Crippen LogP contribution in [0.25, 0.3) is 0 Å². The van der Waals surface area contributed by atoms with Gasteiger partial charge in [0.25, 0.3) is 0 Å². The maximum atomic E-state index is 8.44. The Hall–Kier alpha value is -0.920. The van der Waals surface area contributed by atoms with Crippen LogP contribution in [0.1, 0.15) is 12.2 Å². The fraction of sp³-hybridized carbons (Fsp3) is 0.250. The summed E-state index contributed by atoms with van der Waals surface area (Å²) in [5, 5.41) is 8.44. The molecule has 0 saturated carbocycles. The van der Waals surface area contributed by atoms with E-state index in [1.165, 1.54) is 0 Å². The van der Waals surface area contributed by atoms with Gasteiger partial charge in [0, 0.05) is 18.8 Å².